The number of hydrogen-bond acceptors (Lipinski definition) is 6. The van der Waals surface area contributed by atoms with Gasteiger partial charge in [0.2, 0.25) is 0 Å². The number of nitrogens with one attached hydrogen (secondary N) is 1. The molecule has 0 saturated heterocycles. The van der Waals surface area contributed by atoms with Gasteiger partial charge in [0.05, 0.1) is 35.0 Å². The lowest BCUT2D eigenvalue weighted by Gasteiger charge is -2.28. The van der Waals surface area contributed by atoms with Gasteiger partial charge >= 0.3 is 0 Å². The minimum Gasteiger partial charge on any atom is -0.493 e. The summed E-state index contributed by atoms with van der Waals surface area (Å²) in [7, 11) is 6.51. The molecule has 0 fully saturated rings. The minimum absolute atomic E-state index is 0.0340. The molecule has 2 aromatic rings. The molecule has 0 aliphatic heterocycles. The van der Waals surface area contributed by atoms with Crippen molar-refractivity contribution in [1.82, 2.24) is 5.32 Å². The fourth-order valence-electron chi connectivity index (χ4n) is 3.30. The van der Waals surface area contributed by atoms with Crippen molar-refractivity contribution in [3.63, 3.8) is 0 Å². The molecule has 2 atom stereocenters. The highest BCUT2D eigenvalue weighted by Crippen LogP contribution is 2.33. The van der Waals surface area contributed by atoms with Crippen LogP contribution in [-0.4, -0.2) is 46.2 Å². The van der Waals surface area contributed by atoms with Gasteiger partial charge in [-0.3, -0.25) is 0 Å². The third-order valence-electron chi connectivity index (χ3n) is 5.11. The highest BCUT2D eigenvalue weighted by atomic mass is 16.5. The molecular weight excluding hydrogens is 370 g/mol. The second-order valence-corrected chi connectivity index (χ2v) is 7.26. The Morgan fingerprint density at radius 1 is 0.793 bits per heavy atom. The Morgan fingerprint density at radius 3 is 1.86 bits per heavy atom. The van der Waals surface area contributed by atoms with Crippen molar-refractivity contribution in [3.8, 4) is 23.0 Å². The number of aliphatic hydroxyl groups excluding tert-OH is 1. The van der Waals surface area contributed by atoms with E-state index in [0.29, 0.717) is 29.4 Å². The van der Waals surface area contributed by atoms with Crippen molar-refractivity contribution in [2.24, 2.45) is 5.92 Å². The van der Waals surface area contributed by atoms with E-state index in [0.717, 1.165) is 11.1 Å². The Bertz CT molecular complexity index is 778. The zero-order valence-corrected chi connectivity index (χ0v) is 18.2. The molecule has 0 aliphatic carbocycles. The summed E-state index contributed by atoms with van der Waals surface area (Å²) in [6, 6.07) is 11.8. The van der Waals surface area contributed by atoms with E-state index in [9.17, 15) is 5.11 Å². The van der Waals surface area contributed by atoms with Gasteiger partial charge in [-0.2, -0.15) is 0 Å². The summed E-state index contributed by atoms with van der Waals surface area (Å²) in [6.45, 7) is 4.25. The van der Waals surface area contributed by atoms with Gasteiger partial charge in [0, 0.05) is 12.1 Å². The number of rotatable bonds is 11. The zero-order chi connectivity index (χ0) is 21.4. The predicted molar refractivity (Wildman–Crippen MR) is 114 cm³/mol. The lowest BCUT2D eigenvalue weighted by atomic mass is 9.95. The molecule has 2 aromatic carbocycles. The van der Waals surface area contributed by atoms with Crippen molar-refractivity contribution in [1.29, 1.82) is 0 Å². The summed E-state index contributed by atoms with van der Waals surface area (Å²) in [4.78, 5) is 0. The van der Waals surface area contributed by atoms with E-state index in [2.05, 4.69) is 19.2 Å². The number of benzene rings is 2. The van der Waals surface area contributed by atoms with Crippen molar-refractivity contribution in [3.05, 3.63) is 47.5 Å². The highest BCUT2D eigenvalue weighted by Gasteiger charge is 2.21. The third kappa shape index (κ3) is 5.78. The molecule has 0 amide bonds. The Kier molecular flexibility index (Phi) is 8.61. The quantitative estimate of drug-likeness (QED) is 0.597. The first kappa shape index (κ1) is 22.8. The molecule has 0 spiro atoms. The largest absolute Gasteiger partial charge is 0.493 e. The van der Waals surface area contributed by atoms with Crippen LogP contribution in [0.25, 0.3) is 0 Å². The fraction of sp³-hybridized carbons (Fsp3) is 0.478. The van der Waals surface area contributed by atoms with Crippen LogP contribution in [0.15, 0.2) is 36.4 Å². The maximum Gasteiger partial charge on any atom is 0.161 e. The monoisotopic (exact) mass is 403 g/mol. The van der Waals surface area contributed by atoms with Crippen LogP contribution in [0, 0.1) is 5.92 Å². The van der Waals surface area contributed by atoms with Crippen LogP contribution in [0.3, 0.4) is 0 Å². The lowest BCUT2D eigenvalue weighted by Crippen LogP contribution is -2.40. The minimum atomic E-state index is -0.0348. The summed E-state index contributed by atoms with van der Waals surface area (Å²) in [5.41, 5.74) is 2.15. The molecule has 0 aliphatic rings. The molecule has 160 valence electrons. The van der Waals surface area contributed by atoms with Crippen molar-refractivity contribution >= 4 is 0 Å². The maximum atomic E-state index is 9.85. The lowest BCUT2D eigenvalue weighted by molar-refractivity contribution is 0.198. The van der Waals surface area contributed by atoms with Crippen molar-refractivity contribution in [2.75, 3.05) is 35.0 Å². The van der Waals surface area contributed by atoms with E-state index < -0.39 is 0 Å². The van der Waals surface area contributed by atoms with Crippen LogP contribution in [0.2, 0.25) is 0 Å². The molecule has 0 unspecified atom stereocenters. The van der Waals surface area contributed by atoms with E-state index in [1.807, 2.05) is 36.4 Å². The molecule has 6 heteroatoms. The second kappa shape index (κ2) is 10.9. The fourth-order valence-corrected chi connectivity index (χ4v) is 3.30. The van der Waals surface area contributed by atoms with Crippen LogP contribution < -0.4 is 24.3 Å². The SMILES string of the molecule is COc1ccc(C[C@H](N[C@H](CO)C(C)C)c2ccc(OC)c(OC)c2)cc1OC. The van der Waals surface area contributed by atoms with Gasteiger partial charge in [-0.1, -0.05) is 26.0 Å². The van der Waals surface area contributed by atoms with E-state index >= 15 is 0 Å². The average Bonchev–Trinajstić information content (AvgIpc) is 2.75. The molecule has 0 aromatic heterocycles. The summed E-state index contributed by atoms with van der Waals surface area (Å²) in [6.07, 6.45) is 0.707. The highest BCUT2D eigenvalue weighted by molar-refractivity contribution is 5.46. The zero-order valence-electron chi connectivity index (χ0n) is 18.2. The molecule has 6 nitrogen and oxygen atoms in total. The molecule has 29 heavy (non-hydrogen) atoms. The standard InChI is InChI=1S/C23H33NO5/c1-15(2)19(14-25)24-18(17-8-10-21(27-4)23(13-17)29-6)11-16-7-9-20(26-3)22(12-16)28-5/h7-10,12-13,15,18-19,24-25H,11,14H2,1-6H3/t18-,19+/m0/s1. The van der Waals surface area contributed by atoms with Crippen LogP contribution in [0.5, 0.6) is 23.0 Å². The van der Waals surface area contributed by atoms with Gasteiger partial charge in [0.1, 0.15) is 0 Å². The molecular formula is C23H33NO5. The van der Waals surface area contributed by atoms with E-state index in [1.54, 1.807) is 28.4 Å². The first-order valence-corrected chi connectivity index (χ1v) is 9.77. The Hall–Kier alpha value is -2.44. The number of hydrogen-bond donors (Lipinski definition) is 2. The summed E-state index contributed by atoms with van der Waals surface area (Å²) >= 11 is 0. The molecule has 2 rings (SSSR count). The van der Waals surface area contributed by atoms with Gasteiger partial charge in [0.15, 0.2) is 23.0 Å². The average molecular weight is 404 g/mol. The smallest absolute Gasteiger partial charge is 0.161 e. The van der Waals surface area contributed by atoms with Crippen LogP contribution in [0.1, 0.15) is 31.0 Å². The van der Waals surface area contributed by atoms with Crippen LogP contribution >= 0.6 is 0 Å². The topological polar surface area (TPSA) is 69.2 Å². The van der Waals surface area contributed by atoms with Gasteiger partial charge in [-0.25, -0.2) is 0 Å². The summed E-state index contributed by atoms with van der Waals surface area (Å²) in [5.74, 6) is 3.03. The van der Waals surface area contributed by atoms with Crippen molar-refractivity contribution < 1.29 is 24.1 Å². The van der Waals surface area contributed by atoms with Crippen LogP contribution in [0.4, 0.5) is 0 Å². The Morgan fingerprint density at radius 2 is 1.34 bits per heavy atom. The second-order valence-electron chi connectivity index (χ2n) is 7.26. The number of ether oxygens (including phenoxy) is 4. The molecule has 0 heterocycles. The Balaban J connectivity index is 2.40. The van der Waals surface area contributed by atoms with Gasteiger partial charge in [-0.05, 0) is 47.7 Å². The first-order valence-electron chi connectivity index (χ1n) is 9.77. The molecule has 0 radical (unpaired) electrons. The van der Waals surface area contributed by atoms with E-state index in [-0.39, 0.29) is 24.6 Å². The molecule has 0 bridgehead atoms. The first-order chi connectivity index (χ1) is 14.0. The van der Waals surface area contributed by atoms with Gasteiger partial charge in [-0.15, -0.1) is 0 Å². The Labute approximate surface area is 173 Å². The predicted octanol–water partition coefficient (Wildman–Crippen LogP) is 3.61. The van der Waals surface area contributed by atoms with Gasteiger partial charge < -0.3 is 29.4 Å². The van der Waals surface area contributed by atoms with Crippen molar-refractivity contribution in [2.45, 2.75) is 32.4 Å². The van der Waals surface area contributed by atoms with E-state index in [4.69, 9.17) is 18.9 Å². The summed E-state index contributed by atoms with van der Waals surface area (Å²) < 4.78 is 21.6. The summed E-state index contributed by atoms with van der Waals surface area (Å²) in [5, 5.41) is 13.5. The third-order valence-corrected chi connectivity index (χ3v) is 5.11. The number of aliphatic hydroxyl groups is 1. The maximum absolute atomic E-state index is 9.85. The molecule has 0 saturated carbocycles. The number of methoxy groups -OCH3 is 4. The van der Waals surface area contributed by atoms with E-state index in [1.165, 1.54) is 0 Å². The van der Waals surface area contributed by atoms with Crippen LogP contribution in [-0.2, 0) is 6.42 Å². The van der Waals surface area contributed by atoms with Gasteiger partial charge in [0.25, 0.3) is 0 Å². The molecule has 2 N–H and O–H groups in total. The normalized spacial score (nSPS) is 13.1.